The lowest BCUT2D eigenvalue weighted by molar-refractivity contribution is -0.127. The quantitative estimate of drug-likeness (QED) is 0.247. The number of unbranched alkanes of at least 4 members (excludes halogenated alkanes) is 2. The second-order valence-corrected chi connectivity index (χ2v) is 12.3. The van der Waals surface area contributed by atoms with Crippen molar-refractivity contribution in [2.45, 2.75) is 128 Å². The van der Waals surface area contributed by atoms with Gasteiger partial charge in [-0.15, -0.1) is 0 Å². The van der Waals surface area contributed by atoms with Crippen molar-refractivity contribution >= 4 is 5.91 Å². The molecule has 0 aromatic heterocycles. The third-order valence-electron chi connectivity index (χ3n) is 10.2. The Morgan fingerprint density at radius 2 is 1.53 bits per heavy atom. The molecule has 1 amide bonds. The maximum atomic E-state index is 15.3. The third kappa shape index (κ3) is 6.81. The van der Waals surface area contributed by atoms with Crippen LogP contribution in [0.4, 0.5) is 4.39 Å². The zero-order valence-electron chi connectivity index (χ0n) is 23.0. The van der Waals surface area contributed by atoms with Gasteiger partial charge in [0.25, 0.3) is 0 Å². The monoisotopic (exact) mass is 495 g/mol. The molecule has 0 unspecified atom stereocenters. The molecule has 3 aliphatic rings. The number of halogens is 1. The Morgan fingerprint density at radius 1 is 0.917 bits per heavy atom. The van der Waals surface area contributed by atoms with Crippen LogP contribution in [0.3, 0.4) is 0 Å². The molecule has 3 saturated carbocycles. The summed E-state index contributed by atoms with van der Waals surface area (Å²) >= 11 is 0. The molecule has 0 radical (unpaired) electrons. The average Bonchev–Trinajstić information content (AvgIpc) is 2.93. The zero-order valence-corrected chi connectivity index (χ0v) is 23.0. The van der Waals surface area contributed by atoms with Crippen molar-refractivity contribution in [2.75, 3.05) is 7.05 Å². The average molecular weight is 496 g/mol. The van der Waals surface area contributed by atoms with Crippen LogP contribution in [0.25, 0.3) is 0 Å². The van der Waals surface area contributed by atoms with Gasteiger partial charge >= 0.3 is 0 Å². The molecule has 3 aliphatic carbocycles. The Kier molecular flexibility index (Phi) is 10.1. The van der Waals surface area contributed by atoms with Gasteiger partial charge in [-0.05, 0) is 130 Å². The molecule has 0 N–H and O–H groups in total. The summed E-state index contributed by atoms with van der Waals surface area (Å²) in [5.41, 5.74) is 2.22. The van der Waals surface area contributed by atoms with Crippen LogP contribution in [0.1, 0.15) is 133 Å². The molecule has 4 rings (SSSR count). The first-order valence-corrected chi connectivity index (χ1v) is 15.2. The first-order chi connectivity index (χ1) is 17.5. The Morgan fingerprint density at radius 3 is 2.11 bits per heavy atom. The van der Waals surface area contributed by atoms with E-state index >= 15 is 4.39 Å². The predicted molar refractivity (Wildman–Crippen MR) is 149 cm³/mol. The van der Waals surface area contributed by atoms with Crippen molar-refractivity contribution in [1.82, 2.24) is 4.90 Å². The summed E-state index contributed by atoms with van der Waals surface area (Å²) in [7, 11) is 1.92. The molecule has 0 heterocycles. The van der Waals surface area contributed by atoms with Crippen LogP contribution in [-0.2, 0) is 4.79 Å². The fourth-order valence-corrected chi connectivity index (χ4v) is 7.78. The van der Waals surface area contributed by atoms with Crippen LogP contribution < -0.4 is 0 Å². The molecular formula is C33H50FNO. The van der Waals surface area contributed by atoms with Crippen molar-refractivity contribution in [1.29, 1.82) is 0 Å². The van der Waals surface area contributed by atoms with E-state index in [2.05, 4.69) is 25.6 Å². The van der Waals surface area contributed by atoms with E-state index in [1.165, 1.54) is 88.7 Å². The zero-order chi connectivity index (χ0) is 25.5. The van der Waals surface area contributed by atoms with Crippen LogP contribution in [0.2, 0.25) is 0 Å². The van der Waals surface area contributed by atoms with Crippen LogP contribution in [0, 0.1) is 23.6 Å². The maximum absolute atomic E-state index is 15.3. The maximum Gasteiger partial charge on any atom is 0.245 e. The van der Waals surface area contributed by atoms with E-state index < -0.39 is 0 Å². The lowest BCUT2D eigenvalue weighted by atomic mass is 9.69. The Bertz CT molecular complexity index is 841. The van der Waals surface area contributed by atoms with E-state index in [4.69, 9.17) is 0 Å². The van der Waals surface area contributed by atoms with Crippen LogP contribution in [-0.4, -0.2) is 23.9 Å². The summed E-state index contributed by atoms with van der Waals surface area (Å²) in [5, 5.41) is 0. The molecule has 3 fully saturated rings. The smallest absolute Gasteiger partial charge is 0.245 e. The Labute approximate surface area is 220 Å². The molecule has 0 saturated heterocycles. The van der Waals surface area contributed by atoms with Crippen LogP contribution in [0.5, 0.6) is 0 Å². The molecule has 1 aromatic carbocycles. The Hall–Kier alpha value is -1.64. The van der Waals surface area contributed by atoms with Gasteiger partial charge in [-0.2, -0.15) is 0 Å². The van der Waals surface area contributed by atoms with Gasteiger partial charge in [0.1, 0.15) is 5.82 Å². The van der Waals surface area contributed by atoms with E-state index in [1.807, 2.05) is 18.0 Å². The van der Waals surface area contributed by atoms with E-state index in [9.17, 15) is 4.79 Å². The van der Waals surface area contributed by atoms with Gasteiger partial charge in [0.2, 0.25) is 5.91 Å². The highest BCUT2D eigenvalue weighted by molar-refractivity contribution is 5.87. The third-order valence-corrected chi connectivity index (χ3v) is 10.2. The van der Waals surface area contributed by atoms with E-state index in [-0.39, 0.29) is 11.7 Å². The molecule has 1 aromatic rings. The number of hydrogen-bond donors (Lipinski definition) is 0. The minimum atomic E-state index is 0.0484. The molecule has 0 bridgehead atoms. The fourth-order valence-electron chi connectivity index (χ4n) is 7.78. The van der Waals surface area contributed by atoms with Crippen molar-refractivity contribution in [2.24, 2.45) is 17.8 Å². The Balaban J connectivity index is 1.23. The first kappa shape index (κ1) is 27.4. The molecular weight excluding hydrogens is 445 g/mol. The molecule has 3 heteroatoms. The highest BCUT2D eigenvalue weighted by atomic mass is 19.1. The first-order valence-electron chi connectivity index (χ1n) is 15.2. The molecule has 0 spiro atoms. The van der Waals surface area contributed by atoms with Gasteiger partial charge in [-0.3, -0.25) is 4.79 Å². The SMILES string of the molecule is C=CC(=O)N(C)C1CCC(C2CCC(c3ccc(C4CCC(CCCCC)CC4)c(F)c3)CC2)CC1. The molecule has 200 valence electrons. The van der Waals surface area contributed by atoms with Crippen molar-refractivity contribution in [3.05, 3.63) is 47.8 Å². The number of rotatable bonds is 9. The predicted octanol–water partition coefficient (Wildman–Crippen LogP) is 9.16. The number of likely N-dealkylation sites (N-methyl/N-ethyl adjacent to an activating group) is 1. The fraction of sp³-hybridized carbons (Fsp3) is 0.727. The normalized spacial score (nSPS) is 31.1. The lowest BCUT2D eigenvalue weighted by Crippen LogP contribution is -2.39. The van der Waals surface area contributed by atoms with E-state index in [1.54, 1.807) is 0 Å². The summed E-state index contributed by atoms with van der Waals surface area (Å²) in [4.78, 5) is 13.8. The second-order valence-electron chi connectivity index (χ2n) is 12.3. The molecule has 2 nitrogen and oxygen atoms in total. The standard InChI is InChI=1S/C33H50FNO/c1-4-6-7-8-24-9-11-28(12-10-24)31-22-19-29(23-32(31)34)27-15-13-25(14-16-27)26-17-20-30(21-18-26)35(3)33(36)5-2/h5,19,22-28,30H,2,4,6-18,20-21H2,1,3H3. The van der Waals surface area contributed by atoms with Gasteiger partial charge in [0.05, 0.1) is 0 Å². The number of amides is 1. The van der Waals surface area contributed by atoms with Gasteiger partial charge in [-0.25, -0.2) is 4.39 Å². The van der Waals surface area contributed by atoms with Crippen LogP contribution in [0.15, 0.2) is 30.9 Å². The highest BCUT2D eigenvalue weighted by Crippen LogP contribution is 2.44. The largest absolute Gasteiger partial charge is 0.339 e. The number of carbonyl (C=O) groups is 1. The van der Waals surface area contributed by atoms with Gasteiger partial charge in [-0.1, -0.05) is 51.3 Å². The summed E-state index contributed by atoms with van der Waals surface area (Å²) < 4.78 is 15.3. The van der Waals surface area contributed by atoms with Gasteiger partial charge < -0.3 is 4.90 Å². The second kappa shape index (κ2) is 13.2. The van der Waals surface area contributed by atoms with Crippen molar-refractivity contribution < 1.29 is 9.18 Å². The minimum absolute atomic E-state index is 0.0484. The number of nitrogens with zero attached hydrogens (tertiary/aromatic N) is 1. The number of hydrogen-bond acceptors (Lipinski definition) is 1. The van der Waals surface area contributed by atoms with Crippen molar-refractivity contribution in [3.8, 4) is 0 Å². The molecule has 36 heavy (non-hydrogen) atoms. The van der Waals surface area contributed by atoms with Crippen molar-refractivity contribution in [3.63, 3.8) is 0 Å². The summed E-state index contributed by atoms with van der Waals surface area (Å²) in [6, 6.07) is 6.67. The minimum Gasteiger partial charge on any atom is -0.339 e. The molecule has 0 atom stereocenters. The van der Waals surface area contributed by atoms with E-state index in [0.29, 0.717) is 17.9 Å². The van der Waals surface area contributed by atoms with E-state index in [0.717, 1.165) is 49.0 Å². The molecule has 0 aliphatic heterocycles. The topological polar surface area (TPSA) is 20.3 Å². The number of carbonyl (C=O) groups excluding carboxylic acids is 1. The summed E-state index contributed by atoms with van der Waals surface area (Å²) in [6.07, 6.45) is 21.4. The summed E-state index contributed by atoms with van der Waals surface area (Å²) in [5.74, 6) is 3.52. The van der Waals surface area contributed by atoms with Gasteiger partial charge in [0, 0.05) is 13.1 Å². The van der Waals surface area contributed by atoms with Gasteiger partial charge in [0.15, 0.2) is 0 Å². The summed E-state index contributed by atoms with van der Waals surface area (Å²) in [6.45, 7) is 5.90. The highest BCUT2D eigenvalue weighted by Gasteiger charge is 2.33. The van der Waals surface area contributed by atoms with Crippen LogP contribution >= 0.6 is 0 Å². The lowest BCUT2D eigenvalue weighted by Gasteiger charge is -2.40. The number of benzene rings is 1.